The molecule has 1 saturated heterocycles. The smallest absolute Gasteiger partial charge is 0.195 e. The zero-order valence-corrected chi connectivity index (χ0v) is 11.3. The van der Waals surface area contributed by atoms with Crippen molar-refractivity contribution >= 4 is 10.9 Å². The molecule has 2 aliphatic rings. The molecule has 4 nitrogen and oxygen atoms in total. The van der Waals surface area contributed by atoms with Crippen molar-refractivity contribution in [2.24, 2.45) is 0 Å². The Hall–Kier alpha value is -1.36. The second kappa shape index (κ2) is 4.58. The summed E-state index contributed by atoms with van der Waals surface area (Å²) >= 11 is 0. The SMILES string of the molecule is OC1C(c2c[nH]c3ccccc23)CCCC12OCCO2. The Morgan fingerprint density at radius 3 is 2.85 bits per heavy atom. The Bertz CT molecular complexity index is 615. The van der Waals surface area contributed by atoms with Gasteiger partial charge in [0.2, 0.25) is 0 Å². The highest BCUT2D eigenvalue weighted by molar-refractivity contribution is 5.83. The third kappa shape index (κ3) is 1.72. The molecule has 106 valence electrons. The van der Waals surface area contributed by atoms with E-state index in [-0.39, 0.29) is 5.92 Å². The van der Waals surface area contributed by atoms with Crippen LogP contribution in [0.25, 0.3) is 10.9 Å². The Labute approximate surface area is 117 Å². The molecule has 1 spiro atoms. The molecule has 0 bridgehead atoms. The molecular weight excluding hydrogens is 254 g/mol. The molecule has 2 unspecified atom stereocenters. The van der Waals surface area contributed by atoms with Crippen LogP contribution in [0.15, 0.2) is 30.5 Å². The lowest BCUT2D eigenvalue weighted by Gasteiger charge is -2.41. The van der Waals surface area contributed by atoms with Crippen molar-refractivity contribution in [3.05, 3.63) is 36.0 Å². The third-order valence-electron chi connectivity index (χ3n) is 4.67. The molecule has 1 aliphatic heterocycles. The molecule has 2 N–H and O–H groups in total. The summed E-state index contributed by atoms with van der Waals surface area (Å²) in [6.07, 6.45) is 4.19. The molecule has 1 aromatic heterocycles. The first-order valence-electron chi connectivity index (χ1n) is 7.32. The largest absolute Gasteiger partial charge is 0.387 e. The highest BCUT2D eigenvalue weighted by Crippen LogP contribution is 2.44. The third-order valence-corrected chi connectivity index (χ3v) is 4.67. The van der Waals surface area contributed by atoms with Crippen molar-refractivity contribution in [1.29, 1.82) is 0 Å². The Balaban J connectivity index is 1.74. The molecule has 20 heavy (non-hydrogen) atoms. The summed E-state index contributed by atoms with van der Waals surface area (Å²) in [7, 11) is 0. The summed E-state index contributed by atoms with van der Waals surface area (Å²) in [6.45, 7) is 1.16. The second-order valence-corrected chi connectivity index (χ2v) is 5.74. The van der Waals surface area contributed by atoms with Crippen LogP contribution in [0.5, 0.6) is 0 Å². The molecule has 1 saturated carbocycles. The summed E-state index contributed by atoms with van der Waals surface area (Å²) in [5, 5.41) is 12.0. The average molecular weight is 273 g/mol. The van der Waals surface area contributed by atoms with Crippen LogP contribution in [0.4, 0.5) is 0 Å². The summed E-state index contributed by atoms with van der Waals surface area (Å²) in [5.41, 5.74) is 2.29. The Kier molecular flexibility index (Phi) is 2.84. The van der Waals surface area contributed by atoms with E-state index < -0.39 is 11.9 Å². The minimum Gasteiger partial charge on any atom is -0.387 e. The summed E-state index contributed by atoms with van der Waals surface area (Å²) in [4.78, 5) is 3.29. The molecule has 1 aliphatic carbocycles. The lowest BCUT2D eigenvalue weighted by molar-refractivity contribution is -0.241. The first-order valence-corrected chi connectivity index (χ1v) is 7.32. The topological polar surface area (TPSA) is 54.5 Å². The monoisotopic (exact) mass is 273 g/mol. The molecule has 0 radical (unpaired) electrons. The van der Waals surface area contributed by atoms with E-state index in [0.29, 0.717) is 13.2 Å². The van der Waals surface area contributed by atoms with Crippen molar-refractivity contribution in [2.45, 2.75) is 37.1 Å². The van der Waals surface area contributed by atoms with Crippen molar-refractivity contribution in [3.8, 4) is 0 Å². The van der Waals surface area contributed by atoms with Gasteiger partial charge >= 0.3 is 0 Å². The van der Waals surface area contributed by atoms with Crippen molar-refractivity contribution in [3.63, 3.8) is 0 Å². The Morgan fingerprint density at radius 1 is 1.20 bits per heavy atom. The van der Waals surface area contributed by atoms with Crippen molar-refractivity contribution < 1.29 is 14.6 Å². The number of aromatic amines is 1. The number of hydrogen-bond acceptors (Lipinski definition) is 3. The number of aliphatic hydroxyl groups is 1. The van der Waals surface area contributed by atoms with Crippen LogP contribution in [0.1, 0.15) is 30.7 Å². The predicted octanol–water partition coefficient (Wildman–Crippen LogP) is 2.54. The maximum Gasteiger partial charge on any atom is 0.195 e. The summed E-state index contributed by atoms with van der Waals surface area (Å²) < 4.78 is 11.5. The van der Waals surface area contributed by atoms with Crippen LogP contribution in [-0.4, -0.2) is 35.2 Å². The van der Waals surface area contributed by atoms with Gasteiger partial charge in [0.15, 0.2) is 5.79 Å². The van der Waals surface area contributed by atoms with Crippen LogP contribution in [0, 0.1) is 0 Å². The molecule has 4 rings (SSSR count). The molecule has 2 atom stereocenters. The second-order valence-electron chi connectivity index (χ2n) is 5.74. The van der Waals surface area contributed by atoms with Gasteiger partial charge in [0.05, 0.1) is 13.2 Å². The first kappa shape index (κ1) is 12.4. The molecule has 2 heterocycles. The minimum absolute atomic E-state index is 0.0676. The van der Waals surface area contributed by atoms with E-state index in [2.05, 4.69) is 17.1 Å². The fraction of sp³-hybridized carbons (Fsp3) is 0.500. The number of nitrogens with one attached hydrogen (secondary N) is 1. The number of aromatic nitrogens is 1. The molecule has 1 aromatic carbocycles. The number of benzene rings is 1. The highest BCUT2D eigenvalue weighted by Gasteiger charge is 2.50. The van der Waals surface area contributed by atoms with E-state index in [1.54, 1.807) is 0 Å². The standard InChI is InChI=1S/C16H19NO3/c18-15-12(5-3-7-16(15)19-8-9-20-16)13-10-17-14-6-2-1-4-11(13)14/h1-2,4,6,10,12,15,17-18H,3,5,7-9H2. The van der Waals surface area contributed by atoms with Crippen LogP contribution in [0.3, 0.4) is 0 Å². The number of aliphatic hydroxyl groups excluding tert-OH is 1. The van der Waals surface area contributed by atoms with Crippen molar-refractivity contribution in [2.75, 3.05) is 13.2 Å². The van der Waals surface area contributed by atoms with E-state index in [9.17, 15) is 5.11 Å². The van der Waals surface area contributed by atoms with Gasteiger partial charge in [-0.15, -0.1) is 0 Å². The summed E-state index contributed by atoms with van der Waals surface area (Å²) in [6, 6.07) is 8.22. The van der Waals surface area contributed by atoms with Gasteiger partial charge < -0.3 is 19.6 Å². The number of H-pyrrole nitrogens is 1. The van der Waals surface area contributed by atoms with Crippen LogP contribution >= 0.6 is 0 Å². The Morgan fingerprint density at radius 2 is 2.00 bits per heavy atom. The number of ether oxygens (including phenoxy) is 2. The number of rotatable bonds is 1. The van der Waals surface area contributed by atoms with Crippen LogP contribution in [0.2, 0.25) is 0 Å². The van der Waals surface area contributed by atoms with Gasteiger partial charge in [-0.2, -0.15) is 0 Å². The van der Waals surface area contributed by atoms with Gasteiger partial charge in [0.1, 0.15) is 6.10 Å². The number of fused-ring (bicyclic) bond motifs is 1. The average Bonchev–Trinajstić information content (AvgIpc) is 3.10. The molecule has 2 aromatic rings. The normalized spacial score (nSPS) is 29.2. The fourth-order valence-corrected chi connectivity index (χ4v) is 3.69. The zero-order valence-electron chi connectivity index (χ0n) is 11.3. The van der Waals surface area contributed by atoms with Gasteiger partial charge in [0, 0.05) is 29.4 Å². The van der Waals surface area contributed by atoms with E-state index in [1.807, 2.05) is 18.3 Å². The zero-order chi connectivity index (χ0) is 13.6. The van der Waals surface area contributed by atoms with Gasteiger partial charge in [-0.05, 0) is 24.5 Å². The van der Waals surface area contributed by atoms with Gasteiger partial charge in [0.25, 0.3) is 0 Å². The molecular formula is C16H19NO3. The van der Waals surface area contributed by atoms with Crippen LogP contribution < -0.4 is 0 Å². The minimum atomic E-state index is -0.776. The van der Waals surface area contributed by atoms with Gasteiger partial charge in [-0.3, -0.25) is 0 Å². The van der Waals surface area contributed by atoms with E-state index >= 15 is 0 Å². The summed E-state index contributed by atoms with van der Waals surface area (Å²) in [5.74, 6) is -0.709. The van der Waals surface area contributed by atoms with E-state index in [1.165, 1.54) is 10.9 Å². The lowest BCUT2D eigenvalue weighted by atomic mass is 9.78. The maximum atomic E-state index is 10.8. The molecule has 0 amide bonds. The predicted molar refractivity (Wildman–Crippen MR) is 75.5 cm³/mol. The lowest BCUT2D eigenvalue weighted by Crippen LogP contribution is -2.49. The fourth-order valence-electron chi connectivity index (χ4n) is 3.69. The number of para-hydroxylation sites is 1. The molecule has 4 heteroatoms. The highest BCUT2D eigenvalue weighted by atomic mass is 16.7. The number of hydrogen-bond donors (Lipinski definition) is 2. The quantitative estimate of drug-likeness (QED) is 0.839. The van der Waals surface area contributed by atoms with Crippen LogP contribution in [-0.2, 0) is 9.47 Å². The molecule has 2 fully saturated rings. The van der Waals surface area contributed by atoms with Crippen molar-refractivity contribution in [1.82, 2.24) is 4.98 Å². The van der Waals surface area contributed by atoms with Gasteiger partial charge in [-0.25, -0.2) is 0 Å². The first-order chi connectivity index (χ1) is 9.80. The van der Waals surface area contributed by atoms with E-state index in [0.717, 1.165) is 24.8 Å². The maximum absolute atomic E-state index is 10.8. The van der Waals surface area contributed by atoms with E-state index in [4.69, 9.17) is 9.47 Å². The van der Waals surface area contributed by atoms with Gasteiger partial charge in [-0.1, -0.05) is 18.2 Å².